The zero-order valence-corrected chi connectivity index (χ0v) is 13.9. The van der Waals surface area contributed by atoms with E-state index in [0.29, 0.717) is 6.54 Å². The first kappa shape index (κ1) is 13.3. The molecule has 2 rings (SSSR count). The first-order valence-corrected chi connectivity index (χ1v) is 7.89. The van der Waals surface area contributed by atoms with Gasteiger partial charge in [-0.1, -0.05) is 36.8 Å². The van der Waals surface area contributed by atoms with E-state index < -0.39 is 0 Å². The summed E-state index contributed by atoms with van der Waals surface area (Å²) in [5, 5.41) is 0. The van der Waals surface area contributed by atoms with Gasteiger partial charge >= 0.3 is 0 Å². The second-order valence-corrected chi connectivity index (χ2v) is 7.26. The van der Waals surface area contributed by atoms with Crippen LogP contribution in [0.2, 0.25) is 5.54 Å². The fraction of sp³-hybridized carbons (Fsp3) is 0.375. The first-order valence-electron chi connectivity index (χ1n) is 6.73. The van der Waals surface area contributed by atoms with Crippen molar-refractivity contribution >= 4 is 15.8 Å². The van der Waals surface area contributed by atoms with Gasteiger partial charge in [0, 0.05) is 16.8 Å². The van der Waals surface area contributed by atoms with Gasteiger partial charge in [-0.05, 0) is 53.7 Å². The number of allylic oxidation sites excluding steroid dienone is 4. The summed E-state index contributed by atoms with van der Waals surface area (Å²) in [6, 6.07) is 8.77. The van der Waals surface area contributed by atoms with Crippen molar-refractivity contribution in [1.29, 1.82) is 0 Å². The maximum absolute atomic E-state index is 5.66. The molecular formula is C16H23NSi. The van der Waals surface area contributed by atoms with Crippen LogP contribution in [0, 0.1) is 0 Å². The fourth-order valence-electron chi connectivity index (χ4n) is 2.83. The predicted molar refractivity (Wildman–Crippen MR) is 83.6 cm³/mol. The van der Waals surface area contributed by atoms with Gasteiger partial charge in [0.05, 0.1) is 0 Å². The summed E-state index contributed by atoms with van der Waals surface area (Å²) >= 11 is 0. The second kappa shape index (κ2) is 5.25. The standard InChI is InChI=1S/C16H23NSi/c1-10-8-15(16(11(10)2)12(3)18)14-6-4-13(9-17)5-7-14/h4-7,12H,8-9,17H2,1-3,18H3. The molecule has 18 heavy (non-hydrogen) atoms. The van der Waals surface area contributed by atoms with Crippen LogP contribution in [0.3, 0.4) is 0 Å². The summed E-state index contributed by atoms with van der Waals surface area (Å²) in [4.78, 5) is 0. The van der Waals surface area contributed by atoms with Crippen LogP contribution in [0.4, 0.5) is 0 Å². The van der Waals surface area contributed by atoms with Gasteiger partial charge in [0.2, 0.25) is 0 Å². The number of benzene rings is 1. The quantitative estimate of drug-likeness (QED) is 0.828. The molecule has 1 aliphatic carbocycles. The number of hydrogen-bond donors (Lipinski definition) is 1. The third-order valence-corrected chi connectivity index (χ3v) is 4.50. The van der Waals surface area contributed by atoms with Gasteiger partial charge in [0.25, 0.3) is 0 Å². The van der Waals surface area contributed by atoms with Crippen LogP contribution in [0.25, 0.3) is 5.57 Å². The SMILES string of the molecule is CC1=C(C)C(C(C)[SiH3])=C(c2ccc(CN)cc2)C1. The lowest BCUT2D eigenvalue weighted by Crippen LogP contribution is -1.97. The highest BCUT2D eigenvalue weighted by molar-refractivity contribution is 6.15. The van der Waals surface area contributed by atoms with E-state index in [0.717, 1.165) is 12.0 Å². The normalized spacial score (nSPS) is 17.8. The first-order chi connectivity index (χ1) is 8.54. The van der Waals surface area contributed by atoms with Gasteiger partial charge in [0.15, 0.2) is 0 Å². The molecule has 2 N–H and O–H groups in total. The Morgan fingerprint density at radius 2 is 1.83 bits per heavy atom. The zero-order chi connectivity index (χ0) is 13.3. The van der Waals surface area contributed by atoms with Crippen molar-refractivity contribution in [1.82, 2.24) is 0 Å². The largest absolute Gasteiger partial charge is 0.326 e. The molecule has 0 amide bonds. The Balaban J connectivity index is 2.43. The van der Waals surface area contributed by atoms with Crippen molar-refractivity contribution < 1.29 is 0 Å². The fourth-order valence-corrected chi connectivity index (χ4v) is 3.61. The third kappa shape index (κ3) is 2.36. The number of rotatable bonds is 3. The minimum atomic E-state index is 0.625. The molecule has 1 aromatic carbocycles. The summed E-state index contributed by atoms with van der Waals surface area (Å²) in [5.74, 6) is 0. The van der Waals surface area contributed by atoms with Crippen LogP contribution in [0.1, 0.15) is 38.3 Å². The van der Waals surface area contributed by atoms with Crippen LogP contribution >= 0.6 is 0 Å². The lowest BCUT2D eigenvalue weighted by molar-refractivity contribution is 1.07. The molecule has 2 heteroatoms. The van der Waals surface area contributed by atoms with Gasteiger partial charge in [-0.15, -0.1) is 0 Å². The van der Waals surface area contributed by atoms with E-state index in [4.69, 9.17) is 5.73 Å². The predicted octanol–water partition coefficient (Wildman–Crippen LogP) is 2.81. The Hall–Kier alpha value is -1.12. The van der Waals surface area contributed by atoms with E-state index in [2.05, 4.69) is 45.0 Å². The smallest absolute Gasteiger partial charge is 0.0178 e. The Bertz CT molecular complexity index is 506. The summed E-state index contributed by atoms with van der Waals surface area (Å²) in [6.45, 7) is 7.51. The van der Waals surface area contributed by atoms with Gasteiger partial charge in [0.1, 0.15) is 0 Å². The lowest BCUT2D eigenvalue weighted by atomic mass is 9.96. The molecule has 1 aliphatic rings. The zero-order valence-electron chi connectivity index (χ0n) is 11.9. The lowest BCUT2D eigenvalue weighted by Gasteiger charge is -2.14. The van der Waals surface area contributed by atoms with Crippen LogP contribution < -0.4 is 5.73 Å². The van der Waals surface area contributed by atoms with Crippen molar-refractivity contribution in [3.63, 3.8) is 0 Å². The van der Waals surface area contributed by atoms with Crippen LogP contribution in [-0.4, -0.2) is 10.2 Å². The Kier molecular flexibility index (Phi) is 3.88. The van der Waals surface area contributed by atoms with E-state index in [1.807, 2.05) is 0 Å². The summed E-state index contributed by atoms with van der Waals surface area (Å²) in [5.41, 5.74) is 15.2. The van der Waals surface area contributed by atoms with Crippen molar-refractivity contribution in [2.75, 3.05) is 0 Å². The van der Waals surface area contributed by atoms with E-state index in [1.165, 1.54) is 38.1 Å². The highest BCUT2D eigenvalue weighted by atomic mass is 28.1. The monoisotopic (exact) mass is 257 g/mol. The molecular weight excluding hydrogens is 234 g/mol. The Labute approximate surface area is 113 Å². The molecule has 1 unspecified atom stereocenters. The van der Waals surface area contributed by atoms with Gasteiger partial charge in [-0.25, -0.2) is 0 Å². The molecule has 0 heterocycles. The molecule has 0 radical (unpaired) electrons. The summed E-state index contributed by atoms with van der Waals surface area (Å²) in [6.07, 6.45) is 1.12. The third-order valence-electron chi connectivity index (χ3n) is 3.93. The van der Waals surface area contributed by atoms with Crippen molar-refractivity contribution in [2.45, 2.75) is 39.3 Å². The molecule has 0 saturated carbocycles. The molecule has 0 saturated heterocycles. The average molecular weight is 257 g/mol. The minimum absolute atomic E-state index is 0.625. The number of hydrogen-bond acceptors (Lipinski definition) is 1. The van der Waals surface area contributed by atoms with E-state index in [1.54, 1.807) is 5.57 Å². The Morgan fingerprint density at radius 1 is 1.22 bits per heavy atom. The maximum Gasteiger partial charge on any atom is 0.0178 e. The molecule has 1 aromatic rings. The average Bonchev–Trinajstić information content (AvgIpc) is 2.66. The van der Waals surface area contributed by atoms with E-state index in [9.17, 15) is 0 Å². The molecule has 0 bridgehead atoms. The van der Waals surface area contributed by atoms with Gasteiger partial charge < -0.3 is 5.73 Å². The molecule has 96 valence electrons. The molecule has 0 aliphatic heterocycles. The van der Waals surface area contributed by atoms with Crippen molar-refractivity contribution in [2.24, 2.45) is 5.73 Å². The van der Waals surface area contributed by atoms with Crippen LogP contribution in [0.15, 0.2) is 41.0 Å². The van der Waals surface area contributed by atoms with Crippen molar-refractivity contribution in [3.8, 4) is 0 Å². The molecule has 1 atom stereocenters. The minimum Gasteiger partial charge on any atom is -0.326 e. The highest BCUT2D eigenvalue weighted by Crippen LogP contribution is 2.42. The molecule has 1 nitrogen and oxygen atoms in total. The Morgan fingerprint density at radius 3 is 2.33 bits per heavy atom. The molecule has 0 fully saturated rings. The number of nitrogens with two attached hydrogens (primary N) is 1. The topological polar surface area (TPSA) is 26.0 Å². The van der Waals surface area contributed by atoms with E-state index >= 15 is 0 Å². The summed E-state index contributed by atoms with van der Waals surface area (Å²) < 4.78 is 0. The van der Waals surface area contributed by atoms with Crippen LogP contribution in [0.5, 0.6) is 0 Å². The van der Waals surface area contributed by atoms with Gasteiger partial charge in [-0.2, -0.15) is 0 Å². The second-order valence-electron chi connectivity index (χ2n) is 5.53. The highest BCUT2D eigenvalue weighted by Gasteiger charge is 2.22. The molecule has 0 spiro atoms. The van der Waals surface area contributed by atoms with E-state index in [-0.39, 0.29) is 0 Å². The van der Waals surface area contributed by atoms with Crippen LogP contribution in [-0.2, 0) is 6.54 Å². The van der Waals surface area contributed by atoms with Gasteiger partial charge in [-0.3, -0.25) is 0 Å². The molecule has 0 aromatic heterocycles. The maximum atomic E-state index is 5.66. The van der Waals surface area contributed by atoms with Crippen molar-refractivity contribution in [3.05, 3.63) is 52.1 Å². The summed E-state index contributed by atoms with van der Waals surface area (Å²) in [7, 11) is 1.22.